The number of hydroxylamine groups is 1. The summed E-state index contributed by atoms with van der Waals surface area (Å²) in [7, 11) is 0. The number of hydrogen-bond donors (Lipinski definition) is 3. The van der Waals surface area contributed by atoms with E-state index in [9.17, 15) is 5.11 Å². The minimum Gasteiger partial charge on any atom is -0.387 e. The molecule has 0 bridgehead atoms. The van der Waals surface area contributed by atoms with Crippen molar-refractivity contribution in [3.63, 3.8) is 0 Å². The van der Waals surface area contributed by atoms with Gasteiger partial charge in [0.05, 0.1) is 5.60 Å². The molecule has 3 N–H and O–H groups in total. The lowest BCUT2D eigenvalue weighted by Gasteiger charge is -2.37. The van der Waals surface area contributed by atoms with E-state index in [1.54, 1.807) is 13.8 Å². The second-order valence-electron chi connectivity index (χ2n) is 4.96. The molecule has 4 heteroatoms. The number of hydrogen-bond acceptors (Lipinski definition) is 4. The van der Waals surface area contributed by atoms with E-state index in [2.05, 4.69) is 16.9 Å². The third-order valence-corrected chi connectivity index (χ3v) is 2.97. The van der Waals surface area contributed by atoms with Gasteiger partial charge in [0.2, 0.25) is 0 Å². The maximum Gasteiger partial charge on any atom is 0.118 e. The van der Waals surface area contributed by atoms with Crippen molar-refractivity contribution in [2.45, 2.75) is 45.3 Å². The Bertz CT molecular complexity index is 241. The van der Waals surface area contributed by atoms with Gasteiger partial charge in [0.15, 0.2) is 0 Å². The van der Waals surface area contributed by atoms with Crippen LogP contribution >= 0.6 is 0 Å². The fourth-order valence-electron chi connectivity index (χ4n) is 1.03. The molecule has 4 nitrogen and oxygen atoms in total. The molecule has 0 radical (unpaired) electrons. The van der Waals surface area contributed by atoms with Gasteiger partial charge in [0.25, 0.3) is 0 Å². The molecule has 1 aliphatic heterocycles. The first-order valence-electron chi connectivity index (χ1n) is 5.39. The normalized spacial score (nSPS) is 18.6. The first kappa shape index (κ1) is 12.5. The van der Waals surface area contributed by atoms with Gasteiger partial charge < -0.3 is 10.4 Å². The zero-order valence-electron chi connectivity index (χ0n) is 10.1. The van der Waals surface area contributed by atoms with Crippen LogP contribution in [0.3, 0.4) is 0 Å². The van der Waals surface area contributed by atoms with Crippen LogP contribution in [-0.4, -0.2) is 29.4 Å². The molecule has 1 aliphatic rings. The quantitative estimate of drug-likeness (QED) is 0.610. The maximum absolute atomic E-state index is 9.88. The van der Waals surface area contributed by atoms with Crippen molar-refractivity contribution < 1.29 is 9.94 Å². The van der Waals surface area contributed by atoms with Crippen molar-refractivity contribution in [3.8, 4) is 0 Å². The summed E-state index contributed by atoms with van der Waals surface area (Å²) < 4.78 is 0. The van der Waals surface area contributed by atoms with Crippen molar-refractivity contribution in [3.05, 3.63) is 11.8 Å². The average molecular weight is 214 g/mol. The van der Waals surface area contributed by atoms with E-state index in [1.807, 2.05) is 13.8 Å². The molecule has 0 fully saturated rings. The standard InChI is InChI=1S/C11H22N2O2/c1-10(2,14)11(3,4)15-13-9-5-7-12-8-6-9/h5,12-14H,6-8H2,1-4H3. The summed E-state index contributed by atoms with van der Waals surface area (Å²) in [6, 6.07) is 0. The number of aliphatic hydroxyl groups is 1. The zero-order chi connectivity index (χ0) is 11.5. The summed E-state index contributed by atoms with van der Waals surface area (Å²) in [4.78, 5) is 5.54. The van der Waals surface area contributed by atoms with Gasteiger partial charge in [-0.15, -0.1) is 0 Å². The predicted octanol–water partition coefficient (Wildman–Crippen LogP) is 0.934. The smallest absolute Gasteiger partial charge is 0.118 e. The van der Waals surface area contributed by atoms with E-state index in [4.69, 9.17) is 4.84 Å². The molecule has 0 atom stereocenters. The largest absolute Gasteiger partial charge is 0.387 e. The highest BCUT2D eigenvalue weighted by molar-refractivity contribution is 5.03. The molecule has 0 saturated carbocycles. The minimum atomic E-state index is -0.881. The van der Waals surface area contributed by atoms with Crippen LogP contribution in [-0.2, 0) is 4.84 Å². The van der Waals surface area contributed by atoms with Crippen molar-refractivity contribution in [2.75, 3.05) is 13.1 Å². The van der Waals surface area contributed by atoms with Crippen LogP contribution in [0.4, 0.5) is 0 Å². The molecule has 0 saturated heterocycles. The first-order valence-corrected chi connectivity index (χ1v) is 5.39. The predicted molar refractivity (Wildman–Crippen MR) is 60.2 cm³/mol. The Morgan fingerprint density at radius 2 is 2.07 bits per heavy atom. The molecular weight excluding hydrogens is 192 g/mol. The van der Waals surface area contributed by atoms with Gasteiger partial charge >= 0.3 is 0 Å². The van der Waals surface area contributed by atoms with Crippen LogP contribution in [0.1, 0.15) is 34.1 Å². The van der Waals surface area contributed by atoms with Gasteiger partial charge in [0.1, 0.15) is 5.60 Å². The fraction of sp³-hybridized carbons (Fsp3) is 0.818. The van der Waals surface area contributed by atoms with E-state index < -0.39 is 11.2 Å². The molecule has 0 aliphatic carbocycles. The lowest BCUT2D eigenvalue weighted by Crippen LogP contribution is -2.50. The first-order chi connectivity index (χ1) is 6.83. The van der Waals surface area contributed by atoms with E-state index in [-0.39, 0.29) is 0 Å². The monoisotopic (exact) mass is 214 g/mol. The molecule has 1 rings (SSSR count). The third-order valence-electron chi connectivity index (χ3n) is 2.97. The summed E-state index contributed by atoms with van der Waals surface area (Å²) in [6.45, 7) is 9.04. The molecule has 0 aromatic rings. The Morgan fingerprint density at radius 3 is 2.53 bits per heavy atom. The number of nitrogens with one attached hydrogen (secondary N) is 2. The van der Waals surface area contributed by atoms with E-state index in [0.717, 1.165) is 25.2 Å². The molecule has 1 heterocycles. The van der Waals surface area contributed by atoms with E-state index in [1.165, 1.54) is 0 Å². The molecule has 88 valence electrons. The highest BCUT2D eigenvalue weighted by Gasteiger charge is 2.37. The molecule has 15 heavy (non-hydrogen) atoms. The molecule has 0 unspecified atom stereocenters. The topological polar surface area (TPSA) is 53.5 Å². The summed E-state index contributed by atoms with van der Waals surface area (Å²) >= 11 is 0. The lowest BCUT2D eigenvalue weighted by atomic mass is 9.90. The Morgan fingerprint density at radius 1 is 1.40 bits per heavy atom. The van der Waals surface area contributed by atoms with Gasteiger partial charge in [-0.25, -0.2) is 0 Å². The zero-order valence-corrected chi connectivity index (χ0v) is 10.1. The highest BCUT2D eigenvalue weighted by atomic mass is 16.7. The van der Waals surface area contributed by atoms with Crippen molar-refractivity contribution in [2.24, 2.45) is 0 Å². The Balaban J connectivity index is 2.45. The second-order valence-corrected chi connectivity index (χ2v) is 4.96. The van der Waals surface area contributed by atoms with Crippen molar-refractivity contribution in [1.29, 1.82) is 0 Å². The molecular formula is C11H22N2O2. The van der Waals surface area contributed by atoms with Crippen molar-refractivity contribution >= 4 is 0 Å². The van der Waals surface area contributed by atoms with Crippen LogP contribution < -0.4 is 10.8 Å². The number of rotatable bonds is 4. The Labute approximate surface area is 91.7 Å². The van der Waals surface area contributed by atoms with Crippen LogP contribution in [0.15, 0.2) is 11.8 Å². The minimum absolute atomic E-state index is 0.626. The van der Waals surface area contributed by atoms with Crippen LogP contribution in [0.2, 0.25) is 0 Å². The van der Waals surface area contributed by atoms with Gasteiger partial charge in [-0.05, 0) is 33.8 Å². The van der Waals surface area contributed by atoms with Crippen LogP contribution in [0.25, 0.3) is 0 Å². The third kappa shape index (κ3) is 3.48. The average Bonchev–Trinajstić information content (AvgIpc) is 2.15. The summed E-state index contributed by atoms with van der Waals surface area (Å²) in [6.07, 6.45) is 2.99. The van der Waals surface area contributed by atoms with Gasteiger partial charge in [0, 0.05) is 25.2 Å². The van der Waals surface area contributed by atoms with Crippen LogP contribution in [0, 0.1) is 0 Å². The summed E-state index contributed by atoms with van der Waals surface area (Å²) in [5, 5.41) is 13.1. The van der Waals surface area contributed by atoms with Gasteiger partial charge in [-0.1, -0.05) is 0 Å². The molecule has 0 aromatic carbocycles. The van der Waals surface area contributed by atoms with Gasteiger partial charge in [-0.3, -0.25) is 10.3 Å². The Hall–Kier alpha value is -0.580. The van der Waals surface area contributed by atoms with Crippen LogP contribution in [0.5, 0.6) is 0 Å². The van der Waals surface area contributed by atoms with E-state index >= 15 is 0 Å². The summed E-state index contributed by atoms with van der Waals surface area (Å²) in [5.41, 5.74) is 2.50. The molecule has 0 spiro atoms. The lowest BCUT2D eigenvalue weighted by molar-refractivity contribution is -0.176. The maximum atomic E-state index is 9.88. The highest BCUT2D eigenvalue weighted by Crippen LogP contribution is 2.24. The van der Waals surface area contributed by atoms with E-state index in [0.29, 0.717) is 0 Å². The van der Waals surface area contributed by atoms with Gasteiger partial charge in [-0.2, -0.15) is 0 Å². The fourth-order valence-corrected chi connectivity index (χ4v) is 1.03. The SMILES string of the molecule is CC(C)(O)C(C)(C)ONC1=CCNCC1. The van der Waals surface area contributed by atoms with Crippen molar-refractivity contribution in [1.82, 2.24) is 10.8 Å². The molecule has 0 amide bonds. The molecule has 0 aromatic heterocycles. The Kier molecular flexibility index (Phi) is 3.76. The second kappa shape index (κ2) is 4.51. The summed E-state index contributed by atoms with van der Waals surface area (Å²) in [5.74, 6) is 0.